The van der Waals surface area contributed by atoms with E-state index >= 15 is 0 Å². The van der Waals surface area contributed by atoms with Gasteiger partial charge in [-0.3, -0.25) is 14.1 Å². The maximum absolute atomic E-state index is 12.7. The Morgan fingerprint density at radius 1 is 0.642 bits per heavy atom. The van der Waals surface area contributed by atoms with Crippen LogP contribution in [-0.4, -0.2) is 96.0 Å². The van der Waals surface area contributed by atoms with Crippen molar-refractivity contribution >= 4 is 22.1 Å². The second kappa shape index (κ2) is 31.3. The molecule has 1 fully saturated rings. The van der Waals surface area contributed by atoms with Crippen LogP contribution in [0.1, 0.15) is 162 Å². The number of rotatable bonds is 33. The molecule has 1 aliphatic rings. The van der Waals surface area contributed by atoms with Gasteiger partial charge >= 0.3 is 11.9 Å². The Balaban J connectivity index is 2.47. The third-order valence-corrected chi connectivity index (χ3v) is 10.0. The third kappa shape index (κ3) is 26.6. The Bertz CT molecular complexity index is 1100. The van der Waals surface area contributed by atoms with Crippen LogP contribution in [0.3, 0.4) is 0 Å². The number of carbonyl (C=O) groups is 2. The van der Waals surface area contributed by atoms with Gasteiger partial charge in [-0.05, 0) is 44.9 Å². The first-order chi connectivity index (χ1) is 25.5. The highest BCUT2D eigenvalue weighted by molar-refractivity contribution is 7.85. The van der Waals surface area contributed by atoms with E-state index in [9.17, 15) is 37.9 Å². The van der Waals surface area contributed by atoms with Gasteiger partial charge in [-0.2, -0.15) is 8.42 Å². The molecule has 0 bridgehead atoms. The van der Waals surface area contributed by atoms with Crippen LogP contribution in [0.2, 0.25) is 0 Å². The topological polar surface area (TPSA) is 186 Å². The maximum Gasteiger partial charge on any atom is 0.306 e. The molecule has 1 heterocycles. The zero-order valence-electron chi connectivity index (χ0n) is 32.6. The number of ether oxygens (including phenoxy) is 4. The van der Waals surface area contributed by atoms with Crippen molar-refractivity contribution in [2.24, 2.45) is 0 Å². The fraction of sp³-hybridized carbons (Fsp3) is 0.850. The van der Waals surface area contributed by atoms with Crippen LogP contribution in [0.4, 0.5) is 0 Å². The van der Waals surface area contributed by atoms with Gasteiger partial charge in [0.15, 0.2) is 12.4 Å². The Hall–Kier alpha value is -1.87. The van der Waals surface area contributed by atoms with E-state index in [4.69, 9.17) is 18.9 Å². The summed E-state index contributed by atoms with van der Waals surface area (Å²) in [7, 11) is -4.60. The van der Waals surface area contributed by atoms with Gasteiger partial charge < -0.3 is 34.3 Å². The number of unbranched alkanes of at least 4 members (excludes halogenated alkanes) is 17. The van der Waals surface area contributed by atoms with Crippen LogP contribution in [0, 0.1) is 0 Å². The summed E-state index contributed by atoms with van der Waals surface area (Å²) in [6.45, 7) is 3.67. The van der Waals surface area contributed by atoms with Crippen molar-refractivity contribution in [3.8, 4) is 0 Å². The largest absolute Gasteiger partial charge is 0.462 e. The summed E-state index contributed by atoms with van der Waals surface area (Å²) in [6, 6.07) is 0. The number of aliphatic hydroxyl groups is 3. The molecule has 0 saturated carbocycles. The Kier molecular flexibility index (Phi) is 29.1. The first kappa shape index (κ1) is 49.1. The number of allylic oxidation sites excluding steroid dienone is 4. The number of hydrogen-bond donors (Lipinski definition) is 4. The molecule has 1 rings (SSSR count). The summed E-state index contributed by atoms with van der Waals surface area (Å²) in [5.74, 6) is -1.99. The molecule has 53 heavy (non-hydrogen) atoms. The van der Waals surface area contributed by atoms with Gasteiger partial charge in [0.1, 0.15) is 36.8 Å². The van der Waals surface area contributed by atoms with Crippen LogP contribution in [0.15, 0.2) is 24.3 Å². The molecular weight excluding hydrogens is 704 g/mol. The molecule has 0 spiro atoms. The lowest BCUT2D eigenvalue weighted by molar-refractivity contribution is -0.297. The lowest BCUT2D eigenvalue weighted by atomic mass is 10.00. The zero-order valence-corrected chi connectivity index (χ0v) is 33.4. The molecule has 0 aromatic carbocycles. The molecular formula is C40H72O12S. The highest BCUT2D eigenvalue weighted by atomic mass is 32.2. The van der Waals surface area contributed by atoms with Crippen LogP contribution in [0.25, 0.3) is 0 Å². The van der Waals surface area contributed by atoms with Crippen molar-refractivity contribution in [3.05, 3.63) is 24.3 Å². The second-order valence-electron chi connectivity index (χ2n) is 14.3. The normalized spacial score (nSPS) is 21.4. The van der Waals surface area contributed by atoms with E-state index in [-0.39, 0.29) is 19.4 Å². The summed E-state index contributed by atoms with van der Waals surface area (Å²) in [5.41, 5.74) is 0. The monoisotopic (exact) mass is 776 g/mol. The van der Waals surface area contributed by atoms with E-state index in [1.54, 1.807) is 0 Å². The number of esters is 2. The zero-order chi connectivity index (χ0) is 39.2. The lowest BCUT2D eigenvalue weighted by Gasteiger charge is -2.40. The maximum atomic E-state index is 12.7. The minimum absolute atomic E-state index is 0.157. The summed E-state index contributed by atoms with van der Waals surface area (Å²) < 4.78 is 53.8. The highest BCUT2D eigenvalue weighted by Crippen LogP contribution is 2.24. The van der Waals surface area contributed by atoms with Crippen molar-refractivity contribution in [3.63, 3.8) is 0 Å². The Morgan fingerprint density at radius 3 is 1.70 bits per heavy atom. The Morgan fingerprint density at radius 2 is 1.13 bits per heavy atom. The first-order valence-electron chi connectivity index (χ1n) is 20.4. The summed E-state index contributed by atoms with van der Waals surface area (Å²) in [5, 5.41) is 30.7. The van der Waals surface area contributed by atoms with Gasteiger partial charge in [-0.25, -0.2) is 0 Å². The molecule has 4 N–H and O–H groups in total. The Labute approximate surface area is 319 Å². The first-order valence-corrected chi connectivity index (χ1v) is 22.0. The molecule has 6 atom stereocenters. The van der Waals surface area contributed by atoms with Crippen LogP contribution in [0.5, 0.6) is 0 Å². The molecule has 0 aliphatic carbocycles. The van der Waals surface area contributed by atoms with Gasteiger partial charge in [0.25, 0.3) is 10.1 Å². The second-order valence-corrected chi connectivity index (χ2v) is 15.8. The fourth-order valence-corrected chi connectivity index (χ4v) is 6.75. The summed E-state index contributed by atoms with van der Waals surface area (Å²) in [6.07, 6.45) is 22.5. The predicted molar refractivity (Wildman–Crippen MR) is 206 cm³/mol. The number of carbonyl (C=O) groups excluding carboxylic acids is 2. The molecule has 13 heteroatoms. The van der Waals surface area contributed by atoms with Crippen molar-refractivity contribution in [1.82, 2.24) is 0 Å². The van der Waals surface area contributed by atoms with E-state index < -0.39 is 71.2 Å². The quantitative estimate of drug-likeness (QED) is 0.0226. The average Bonchev–Trinajstić information content (AvgIpc) is 3.12. The van der Waals surface area contributed by atoms with E-state index in [1.807, 2.05) is 0 Å². The lowest BCUT2D eigenvalue weighted by Crippen LogP contribution is -2.60. The molecule has 0 aromatic heterocycles. The van der Waals surface area contributed by atoms with Crippen molar-refractivity contribution in [2.75, 3.05) is 19.0 Å². The predicted octanol–water partition coefficient (Wildman–Crippen LogP) is 7.28. The van der Waals surface area contributed by atoms with Gasteiger partial charge in [0, 0.05) is 12.8 Å². The minimum Gasteiger partial charge on any atom is -0.462 e. The van der Waals surface area contributed by atoms with E-state index in [1.165, 1.54) is 64.2 Å². The third-order valence-electron chi connectivity index (χ3n) is 9.28. The van der Waals surface area contributed by atoms with E-state index in [2.05, 4.69) is 38.2 Å². The molecule has 1 aliphatic heterocycles. The van der Waals surface area contributed by atoms with Crippen molar-refractivity contribution in [1.29, 1.82) is 0 Å². The number of aliphatic hydroxyl groups excluding tert-OH is 3. The van der Waals surface area contributed by atoms with Gasteiger partial charge in [0.05, 0.1) is 6.61 Å². The summed E-state index contributed by atoms with van der Waals surface area (Å²) in [4.78, 5) is 25.2. The molecule has 2 unspecified atom stereocenters. The standard InChI is InChI=1S/C40H72O12S/c1-3-5-7-9-11-13-14-15-16-17-18-19-20-21-23-25-27-29-36(42)51-33(30-49-35(41)28-26-24-22-12-10-8-6-4-2)31-50-40-39(45)38(44)37(43)34(52-40)32-53(46,47)48/h11,13,15-16,33-34,37-40,43-45H,3-10,12,14,17-32H2,1-2H3,(H,46,47,48)/b13-11+,16-15+/t33-,34-,37-,38?,39?,40+/m1/s1. The molecule has 12 nitrogen and oxygen atoms in total. The molecule has 0 aromatic rings. The average molecular weight is 777 g/mol. The molecule has 310 valence electrons. The van der Waals surface area contributed by atoms with E-state index in [0.717, 1.165) is 57.8 Å². The van der Waals surface area contributed by atoms with Crippen LogP contribution in [-0.2, 0) is 38.7 Å². The van der Waals surface area contributed by atoms with Crippen LogP contribution < -0.4 is 0 Å². The fourth-order valence-electron chi connectivity index (χ4n) is 6.06. The molecule has 0 amide bonds. The minimum atomic E-state index is -4.60. The number of hydrogen-bond acceptors (Lipinski definition) is 11. The molecule has 1 saturated heterocycles. The van der Waals surface area contributed by atoms with E-state index in [0.29, 0.717) is 12.8 Å². The highest BCUT2D eigenvalue weighted by Gasteiger charge is 2.46. The van der Waals surface area contributed by atoms with Crippen LogP contribution >= 0.6 is 0 Å². The smallest absolute Gasteiger partial charge is 0.306 e. The molecule has 0 radical (unpaired) electrons. The van der Waals surface area contributed by atoms with Gasteiger partial charge in [-0.1, -0.05) is 128 Å². The SMILES string of the molecule is CCCCC/C=C/C/C=C/CCCCCCCCCC(=O)O[C@H](COC(=O)CCCCCCCCCC)CO[C@H]1O[C@H](CS(=O)(=O)O)[C@@H](O)C(O)C1O. The van der Waals surface area contributed by atoms with Crippen molar-refractivity contribution < 1.29 is 56.8 Å². The van der Waals surface area contributed by atoms with Crippen molar-refractivity contribution in [2.45, 2.75) is 198 Å². The summed E-state index contributed by atoms with van der Waals surface area (Å²) >= 11 is 0. The van der Waals surface area contributed by atoms with Gasteiger partial charge in [-0.15, -0.1) is 0 Å². The van der Waals surface area contributed by atoms with Gasteiger partial charge in [0.2, 0.25) is 0 Å².